The van der Waals surface area contributed by atoms with Crippen LogP contribution in [-0.2, 0) is 16.1 Å². The second-order valence-electron chi connectivity index (χ2n) is 7.38. The molecule has 0 aliphatic heterocycles. The summed E-state index contributed by atoms with van der Waals surface area (Å²) in [5.74, 6) is 0.796. The van der Waals surface area contributed by atoms with Gasteiger partial charge in [-0.25, -0.2) is 0 Å². The molecule has 2 rings (SSSR count). The number of unbranched alkanes of at least 4 members (excludes halogenated alkanes) is 1. The summed E-state index contributed by atoms with van der Waals surface area (Å²) in [6.45, 7) is 4.00. The molecule has 0 aromatic heterocycles. The van der Waals surface area contributed by atoms with Crippen molar-refractivity contribution in [3.63, 3.8) is 0 Å². The van der Waals surface area contributed by atoms with Crippen LogP contribution in [0.3, 0.4) is 0 Å². The minimum Gasteiger partial charge on any atom is -0.496 e. The van der Waals surface area contributed by atoms with Crippen molar-refractivity contribution >= 4 is 35.0 Å². The van der Waals surface area contributed by atoms with Crippen LogP contribution >= 0.6 is 23.2 Å². The van der Waals surface area contributed by atoms with Gasteiger partial charge >= 0.3 is 0 Å². The second kappa shape index (κ2) is 13.2. The van der Waals surface area contributed by atoms with Crippen LogP contribution in [0.2, 0.25) is 10.0 Å². The van der Waals surface area contributed by atoms with Crippen LogP contribution in [0.4, 0.5) is 0 Å². The topological polar surface area (TPSA) is 77.1 Å². The first-order valence-corrected chi connectivity index (χ1v) is 11.4. The summed E-state index contributed by atoms with van der Waals surface area (Å²) < 4.78 is 16.2. The van der Waals surface area contributed by atoms with Crippen molar-refractivity contribution in [1.29, 1.82) is 0 Å². The summed E-state index contributed by atoms with van der Waals surface area (Å²) in [5.41, 5.74) is 0.561. The van der Waals surface area contributed by atoms with Crippen LogP contribution in [0.25, 0.3) is 0 Å². The van der Waals surface area contributed by atoms with E-state index in [1.165, 1.54) is 19.1 Å². The number of hydrogen-bond donors (Lipinski definition) is 1. The number of amides is 2. The van der Waals surface area contributed by atoms with Gasteiger partial charge in [0.05, 0.1) is 14.2 Å². The molecule has 33 heavy (non-hydrogen) atoms. The zero-order valence-electron chi connectivity index (χ0n) is 19.3. The Morgan fingerprint density at radius 2 is 1.61 bits per heavy atom. The van der Waals surface area contributed by atoms with Gasteiger partial charge < -0.3 is 24.4 Å². The fraction of sp³-hybridized carbons (Fsp3) is 0.417. The minimum atomic E-state index is -0.759. The number of benzene rings is 2. The van der Waals surface area contributed by atoms with E-state index in [4.69, 9.17) is 37.4 Å². The van der Waals surface area contributed by atoms with E-state index >= 15 is 0 Å². The van der Waals surface area contributed by atoms with Crippen molar-refractivity contribution in [3.05, 3.63) is 52.0 Å². The van der Waals surface area contributed by atoms with Gasteiger partial charge in [0.15, 0.2) is 6.61 Å². The summed E-state index contributed by atoms with van der Waals surface area (Å²) in [5, 5.41) is 3.69. The Bertz CT molecular complexity index is 912. The molecule has 0 aliphatic rings. The van der Waals surface area contributed by atoms with Crippen molar-refractivity contribution in [1.82, 2.24) is 10.2 Å². The van der Waals surface area contributed by atoms with E-state index in [1.807, 2.05) is 6.92 Å². The van der Waals surface area contributed by atoms with E-state index in [-0.39, 0.29) is 19.1 Å². The predicted octanol–water partition coefficient (Wildman–Crippen LogP) is 4.72. The fourth-order valence-electron chi connectivity index (χ4n) is 3.07. The molecule has 0 unspecified atom stereocenters. The first-order chi connectivity index (χ1) is 15.8. The van der Waals surface area contributed by atoms with Crippen LogP contribution in [0, 0.1) is 0 Å². The predicted molar refractivity (Wildman–Crippen MR) is 129 cm³/mol. The highest BCUT2D eigenvalue weighted by Crippen LogP contribution is 2.28. The molecular formula is C24H30Cl2N2O5. The van der Waals surface area contributed by atoms with Crippen molar-refractivity contribution < 1.29 is 23.8 Å². The summed E-state index contributed by atoms with van der Waals surface area (Å²) >= 11 is 12.6. The van der Waals surface area contributed by atoms with Crippen LogP contribution in [0.5, 0.6) is 17.2 Å². The molecule has 1 N–H and O–H groups in total. The standard InChI is InChI=1S/C24H30Cl2N2O5/c1-5-6-10-27-24(30)16(2)28(14-20-21(25)8-7-9-22(20)26)23(29)15-33-19-12-17(31-3)11-18(13-19)32-4/h7-9,11-13,16H,5-6,10,14-15H2,1-4H3,(H,27,30)/t16-/m0/s1. The third kappa shape index (κ3) is 7.72. The monoisotopic (exact) mass is 496 g/mol. The second-order valence-corrected chi connectivity index (χ2v) is 8.19. The molecule has 9 heteroatoms. The number of nitrogens with zero attached hydrogens (tertiary/aromatic N) is 1. The molecule has 2 aromatic carbocycles. The van der Waals surface area contributed by atoms with Gasteiger partial charge in [0.25, 0.3) is 5.91 Å². The molecule has 1 atom stereocenters. The third-order valence-electron chi connectivity index (χ3n) is 5.07. The summed E-state index contributed by atoms with van der Waals surface area (Å²) in [6.07, 6.45) is 1.80. The Kier molecular flexibility index (Phi) is 10.6. The number of rotatable bonds is 12. The van der Waals surface area contributed by atoms with Crippen LogP contribution in [-0.4, -0.2) is 50.1 Å². The number of carbonyl (C=O) groups excluding carboxylic acids is 2. The van der Waals surface area contributed by atoms with Crippen molar-refractivity contribution in [2.45, 2.75) is 39.3 Å². The molecule has 0 spiro atoms. The minimum absolute atomic E-state index is 0.0600. The SMILES string of the molecule is CCCCNC(=O)[C@H](C)N(Cc1c(Cl)cccc1Cl)C(=O)COc1cc(OC)cc(OC)c1. The average molecular weight is 497 g/mol. The Balaban J connectivity index is 2.22. The van der Waals surface area contributed by atoms with E-state index in [0.29, 0.717) is 39.4 Å². The Morgan fingerprint density at radius 3 is 2.15 bits per heavy atom. The molecule has 0 saturated carbocycles. The maximum Gasteiger partial charge on any atom is 0.261 e. The molecule has 0 heterocycles. The molecule has 2 aromatic rings. The number of ether oxygens (including phenoxy) is 3. The molecule has 0 aliphatic carbocycles. The zero-order chi connectivity index (χ0) is 24.4. The van der Waals surface area contributed by atoms with E-state index in [2.05, 4.69) is 5.32 Å². The lowest BCUT2D eigenvalue weighted by Gasteiger charge is -2.29. The van der Waals surface area contributed by atoms with Gasteiger partial charge in [0.1, 0.15) is 23.3 Å². The van der Waals surface area contributed by atoms with Gasteiger partial charge in [-0.3, -0.25) is 9.59 Å². The first-order valence-electron chi connectivity index (χ1n) is 10.7. The van der Waals surface area contributed by atoms with Crippen LogP contribution in [0.1, 0.15) is 32.3 Å². The van der Waals surface area contributed by atoms with Gasteiger partial charge in [-0.2, -0.15) is 0 Å². The van der Waals surface area contributed by atoms with E-state index in [9.17, 15) is 9.59 Å². The van der Waals surface area contributed by atoms with Gasteiger partial charge in [-0.1, -0.05) is 42.6 Å². The normalized spacial score (nSPS) is 11.5. The number of carbonyl (C=O) groups is 2. The molecule has 0 fully saturated rings. The highest BCUT2D eigenvalue weighted by molar-refractivity contribution is 6.36. The highest BCUT2D eigenvalue weighted by Gasteiger charge is 2.27. The molecule has 2 amide bonds. The fourth-order valence-corrected chi connectivity index (χ4v) is 3.58. The molecule has 7 nitrogen and oxygen atoms in total. The first kappa shape index (κ1) is 26.6. The number of methoxy groups -OCH3 is 2. The van der Waals surface area contributed by atoms with Crippen molar-refractivity contribution in [2.75, 3.05) is 27.4 Å². The highest BCUT2D eigenvalue weighted by atomic mass is 35.5. The van der Waals surface area contributed by atoms with E-state index in [1.54, 1.807) is 43.3 Å². The maximum absolute atomic E-state index is 13.2. The molecular weight excluding hydrogens is 467 g/mol. The Morgan fingerprint density at radius 1 is 1.03 bits per heavy atom. The van der Waals surface area contributed by atoms with Crippen LogP contribution < -0.4 is 19.5 Å². The Hall–Kier alpha value is -2.64. The summed E-state index contributed by atoms with van der Waals surface area (Å²) in [7, 11) is 3.05. The van der Waals surface area contributed by atoms with Gasteiger partial charge in [-0.05, 0) is 25.5 Å². The Labute approximate surface area is 204 Å². The smallest absolute Gasteiger partial charge is 0.261 e. The number of hydrogen-bond acceptors (Lipinski definition) is 5. The van der Waals surface area contributed by atoms with E-state index < -0.39 is 11.9 Å². The van der Waals surface area contributed by atoms with Crippen molar-refractivity contribution in [2.24, 2.45) is 0 Å². The van der Waals surface area contributed by atoms with Crippen molar-refractivity contribution in [3.8, 4) is 17.2 Å². The summed E-state index contributed by atoms with van der Waals surface area (Å²) in [6, 6.07) is 9.33. The number of halogens is 2. The summed E-state index contributed by atoms with van der Waals surface area (Å²) in [4.78, 5) is 27.3. The van der Waals surface area contributed by atoms with Gasteiger partial charge in [-0.15, -0.1) is 0 Å². The molecule has 0 saturated heterocycles. The largest absolute Gasteiger partial charge is 0.496 e. The third-order valence-corrected chi connectivity index (χ3v) is 5.78. The number of nitrogens with one attached hydrogen (secondary N) is 1. The van der Waals surface area contributed by atoms with E-state index in [0.717, 1.165) is 12.8 Å². The quantitative estimate of drug-likeness (QED) is 0.430. The van der Waals surface area contributed by atoms with Gasteiger partial charge in [0, 0.05) is 46.9 Å². The lowest BCUT2D eigenvalue weighted by Crippen LogP contribution is -2.49. The molecule has 0 bridgehead atoms. The van der Waals surface area contributed by atoms with Gasteiger partial charge in [0.2, 0.25) is 5.91 Å². The zero-order valence-corrected chi connectivity index (χ0v) is 20.8. The average Bonchev–Trinajstić information content (AvgIpc) is 2.81. The molecule has 180 valence electrons. The maximum atomic E-state index is 13.2. The van der Waals surface area contributed by atoms with Crippen LogP contribution in [0.15, 0.2) is 36.4 Å². The lowest BCUT2D eigenvalue weighted by molar-refractivity contribution is -0.142. The molecule has 0 radical (unpaired) electrons. The lowest BCUT2D eigenvalue weighted by atomic mass is 10.1.